The van der Waals surface area contributed by atoms with E-state index in [4.69, 9.17) is 9.47 Å². The third-order valence-electron chi connectivity index (χ3n) is 3.08. The zero-order valence-corrected chi connectivity index (χ0v) is 11.5. The van der Waals surface area contributed by atoms with Crippen molar-refractivity contribution >= 4 is 24.4 Å². The second-order valence-corrected chi connectivity index (χ2v) is 6.21. The van der Waals surface area contributed by atoms with Crippen LogP contribution in [-0.2, 0) is 0 Å². The summed E-state index contributed by atoms with van der Waals surface area (Å²) in [6, 6.07) is 13.3. The Bertz CT molecular complexity index is 820. The summed E-state index contributed by atoms with van der Waals surface area (Å²) in [4.78, 5) is 12.4. The van der Waals surface area contributed by atoms with Crippen molar-refractivity contribution in [3.05, 3.63) is 52.8 Å². The van der Waals surface area contributed by atoms with Crippen LogP contribution in [0.3, 0.4) is 0 Å². The minimum absolute atomic E-state index is 0.0412. The summed E-state index contributed by atoms with van der Waals surface area (Å²) in [6.45, 7) is 0.237. The average molecular weight is 318 g/mol. The molecule has 1 aliphatic heterocycles. The maximum absolute atomic E-state index is 12.4. The maximum atomic E-state index is 12.4. The van der Waals surface area contributed by atoms with E-state index in [1.54, 1.807) is 0 Å². The van der Waals surface area contributed by atoms with Crippen molar-refractivity contribution in [2.24, 2.45) is 0 Å². The van der Waals surface area contributed by atoms with Crippen LogP contribution >= 0.6 is 0 Å². The van der Waals surface area contributed by atoms with Crippen molar-refractivity contribution in [1.29, 1.82) is 0 Å². The number of nitrogens with zero attached hydrogens (tertiary/aromatic N) is 1. The summed E-state index contributed by atoms with van der Waals surface area (Å²) >= 11 is -0.104. The number of para-hydroxylation sites is 1. The number of fused-ring (bicyclic) bond motifs is 3. The molecule has 0 unspecified atom stereocenters. The first-order valence-electron chi connectivity index (χ1n) is 5.85. The van der Waals surface area contributed by atoms with Gasteiger partial charge in [0.2, 0.25) is 0 Å². The number of hydrogen-bond acceptors (Lipinski definition) is 3. The number of hydrogen-bond donors (Lipinski definition) is 0. The van der Waals surface area contributed by atoms with Gasteiger partial charge in [-0.15, -0.1) is 0 Å². The van der Waals surface area contributed by atoms with E-state index >= 15 is 0 Å². The minimum atomic E-state index is -0.104. The van der Waals surface area contributed by atoms with Crippen molar-refractivity contribution in [3.63, 3.8) is 0 Å². The predicted octanol–water partition coefficient (Wildman–Crippen LogP) is 1.78. The van der Waals surface area contributed by atoms with Gasteiger partial charge in [0.15, 0.2) is 0 Å². The standard InChI is InChI=1S/C14H9NO3Se/c16-14-10-6-7-11-12(18-8-17-11)13(10)19-15(14)9-4-2-1-3-5-9/h1-7H,8H2. The van der Waals surface area contributed by atoms with E-state index in [9.17, 15) is 4.79 Å². The van der Waals surface area contributed by atoms with Gasteiger partial charge in [-0.2, -0.15) is 0 Å². The van der Waals surface area contributed by atoms with Crippen molar-refractivity contribution in [2.75, 3.05) is 6.79 Å². The van der Waals surface area contributed by atoms with Crippen LogP contribution in [0.4, 0.5) is 0 Å². The molecule has 0 N–H and O–H groups in total. The second kappa shape index (κ2) is 4.02. The molecule has 0 saturated heterocycles. The van der Waals surface area contributed by atoms with E-state index in [1.807, 2.05) is 46.0 Å². The van der Waals surface area contributed by atoms with Crippen LogP contribution < -0.4 is 15.0 Å². The molecule has 5 heteroatoms. The summed E-state index contributed by atoms with van der Waals surface area (Å²) in [7, 11) is 0. The summed E-state index contributed by atoms with van der Waals surface area (Å²) in [5, 5.41) is 0.730. The molecule has 4 rings (SSSR count). The van der Waals surface area contributed by atoms with Crippen LogP contribution in [0.1, 0.15) is 0 Å². The Labute approximate surface area is 114 Å². The third-order valence-corrected chi connectivity index (χ3v) is 5.49. The van der Waals surface area contributed by atoms with Crippen molar-refractivity contribution < 1.29 is 9.47 Å². The van der Waals surface area contributed by atoms with E-state index < -0.39 is 0 Å². The molecule has 0 saturated carbocycles. The van der Waals surface area contributed by atoms with Gasteiger partial charge in [-0.3, -0.25) is 0 Å². The molecular formula is C14H9NO3Se. The van der Waals surface area contributed by atoms with Gasteiger partial charge in [0.1, 0.15) is 0 Å². The Kier molecular flexibility index (Phi) is 2.30. The van der Waals surface area contributed by atoms with E-state index in [1.165, 1.54) is 0 Å². The predicted molar refractivity (Wildman–Crippen MR) is 72.6 cm³/mol. The molecule has 94 valence electrons. The van der Waals surface area contributed by atoms with E-state index in [0.29, 0.717) is 0 Å². The summed E-state index contributed by atoms with van der Waals surface area (Å²) in [6.07, 6.45) is 0. The Morgan fingerprint density at radius 1 is 1.05 bits per heavy atom. The number of ether oxygens (including phenoxy) is 2. The summed E-state index contributed by atoms with van der Waals surface area (Å²) in [5.74, 6) is 1.48. The quantitative estimate of drug-likeness (QED) is 0.642. The molecule has 0 spiro atoms. The fourth-order valence-corrected chi connectivity index (χ4v) is 4.46. The number of benzene rings is 2. The molecule has 2 heterocycles. The molecule has 0 fully saturated rings. The average Bonchev–Trinajstić information content (AvgIpc) is 3.04. The van der Waals surface area contributed by atoms with Crippen molar-refractivity contribution in [2.45, 2.75) is 0 Å². The third kappa shape index (κ3) is 1.56. The molecule has 0 amide bonds. The van der Waals surface area contributed by atoms with Gasteiger partial charge >= 0.3 is 114 Å². The molecule has 19 heavy (non-hydrogen) atoms. The molecule has 0 radical (unpaired) electrons. The monoisotopic (exact) mass is 319 g/mol. The van der Waals surface area contributed by atoms with Crippen molar-refractivity contribution in [1.82, 2.24) is 3.56 Å². The SMILES string of the molecule is O=c1c2ccc3c(c2[se]n1-c1ccccc1)OCO3. The van der Waals surface area contributed by atoms with Gasteiger partial charge in [0.05, 0.1) is 0 Å². The molecule has 4 nitrogen and oxygen atoms in total. The van der Waals surface area contributed by atoms with Crippen LogP contribution in [-0.4, -0.2) is 25.1 Å². The van der Waals surface area contributed by atoms with Gasteiger partial charge in [-0.25, -0.2) is 0 Å². The van der Waals surface area contributed by atoms with E-state index in [0.717, 1.165) is 26.8 Å². The van der Waals surface area contributed by atoms with Crippen LogP contribution in [0.25, 0.3) is 15.3 Å². The molecular weight excluding hydrogens is 309 g/mol. The Morgan fingerprint density at radius 2 is 1.89 bits per heavy atom. The van der Waals surface area contributed by atoms with Gasteiger partial charge in [-0.05, 0) is 0 Å². The fourth-order valence-electron chi connectivity index (χ4n) is 2.18. The van der Waals surface area contributed by atoms with Crippen LogP contribution in [0.2, 0.25) is 0 Å². The van der Waals surface area contributed by atoms with Gasteiger partial charge in [-0.1, -0.05) is 0 Å². The Hall–Kier alpha value is -1.97. The van der Waals surface area contributed by atoms with E-state index in [2.05, 4.69) is 0 Å². The Morgan fingerprint density at radius 3 is 2.74 bits per heavy atom. The first-order valence-corrected chi connectivity index (χ1v) is 7.47. The second-order valence-electron chi connectivity index (χ2n) is 4.20. The number of rotatable bonds is 1. The van der Waals surface area contributed by atoms with Crippen LogP contribution in [0, 0.1) is 0 Å². The van der Waals surface area contributed by atoms with Crippen LogP contribution in [0.15, 0.2) is 47.3 Å². The molecule has 2 aromatic carbocycles. The number of aromatic nitrogens is 1. The molecule has 0 aliphatic carbocycles. The van der Waals surface area contributed by atoms with Gasteiger partial charge in [0, 0.05) is 0 Å². The fraction of sp³-hybridized carbons (Fsp3) is 0.0714. The Balaban J connectivity index is 2.05. The zero-order valence-electron chi connectivity index (χ0n) is 9.83. The summed E-state index contributed by atoms with van der Waals surface area (Å²) in [5.41, 5.74) is 0.968. The molecule has 3 aromatic rings. The van der Waals surface area contributed by atoms with Crippen molar-refractivity contribution in [3.8, 4) is 17.2 Å². The van der Waals surface area contributed by atoms with Gasteiger partial charge < -0.3 is 0 Å². The van der Waals surface area contributed by atoms with Gasteiger partial charge in [0.25, 0.3) is 0 Å². The first kappa shape index (κ1) is 10.9. The molecule has 0 bridgehead atoms. The molecule has 0 atom stereocenters. The van der Waals surface area contributed by atoms with E-state index in [-0.39, 0.29) is 27.1 Å². The normalized spacial score (nSPS) is 13.1. The van der Waals surface area contributed by atoms with Crippen LogP contribution in [0.5, 0.6) is 11.5 Å². The first-order chi connectivity index (χ1) is 9.34. The molecule has 1 aromatic heterocycles. The zero-order chi connectivity index (χ0) is 12.8. The topological polar surface area (TPSA) is 40.5 Å². The molecule has 1 aliphatic rings. The summed E-state index contributed by atoms with van der Waals surface area (Å²) < 4.78 is 13.6.